The molecule has 0 bridgehead atoms. The molecule has 1 atom stereocenters. The predicted octanol–water partition coefficient (Wildman–Crippen LogP) is 5.38. The van der Waals surface area contributed by atoms with Gasteiger partial charge in [0.15, 0.2) is 0 Å². The van der Waals surface area contributed by atoms with Gasteiger partial charge in [-0.1, -0.05) is 6.07 Å². The fraction of sp³-hybridized carbons (Fsp3) is 0.346. The van der Waals surface area contributed by atoms with E-state index in [0.29, 0.717) is 13.0 Å². The van der Waals surface area contributed by atoms with Crippen LogP contribution < -0.4 is 15.0 Å². The number of rotatable bonds is 10. The molecule has 6 nitrogen and oxygen atoms in total. The van der Waals surface area contributed by atoms with Crippen molar-refractivity contribution in [2.24, 2.45) is 0 Å². The largest absolute Gasteiger partial charge is 0.494 e. The van der Waals surface area contributed by atoms with Crippen LogP contribution in [0.25, 0.3) is 0 Å². The molecular formula is C26H33Cl3N4O2. The first-order valence-corrected chi connectivity index (χ1v) is 11.3. The number of aromatic nitrogens is 2. The van der Waals surface area contributed by atoms with Gasteiger partial charge in [-0.05, 0) is 85.3 Å². The lowest BCUT2D eigenvalue weighted by Crippen LogP contribution is -2.31. The summed E-state index contributed by atoms with van der Waals surface area (Å²) in [6, 6.07) is 14.5. The number of nitrogens with one attached hydrogen (secondary N) is 1. The SMILES string of the molecule is CN1C(=O)CCc2cc(OCCCNC(CCc3cccnc3)c3ccncc3)ccc21.Cl.Cl.Cl. The van der Waals surface area contributed by atoms with Gasteiger partial charge >= 0.3 is 0 Å². The monoisotopic (exact) mass is 538 g/mol. The number of aryl methyl sites for hydroxylation is 2. The van der Waals surface area contributed by atoms with Crippen LogP contribution in [0.4, 0.5) is 5.69 Å². The van der Waals surface area contributed by atoms with Crippen LogP contribution in [-0.4, -0.2) is 36.1 Å². The molecule has 2 aromatic heterocycles. The summed E-state index contributed by atoms with van der Waals surface area (Å²) in [5, 5.41) is 3.68. The Kier molecular flexibility index (Phi) is 13.6. The quantitative estimate of drug-likeness (QED) is 0.350. The third kappa shape index (κ3) is 8.65. The summed E-state index contributed by atoms with van der Waals surface area (Å²) < 4.78 is 5.99. The Balaban J connectivity index is 0.00000204. The molecule has 0 saturated heterocycles. The average Bonchev–Trinajstić information content (AvgIpc) is 2.84. The van der Waals surface area contributed by atoms with Gasteiger partial charge in [-0.25, -0.2) is 0 Å². The molecule has 0 aliphatic carbocycles. The molecule has 1 aromatic carbocycles. The van der Waals surface area contributed by atoms with Crippen LogP contribution in [0.1, 0.15) is 42.0 Å². The molecule has 1 aliphatic heterocycles. The molecule has 1 aliphatic rings. The summed E-state index contributed by atoms with van der Waals surface area (Å²) in [6.07, 6.45) is 11.6. The van der Waals surface area contributed by atoms with Crippen molar-refractivity contribution in [2.75, 3.05) is 25.1 Å². The minimum atomic E-state index is 0. The van der Waals surface area contributed by atoms with Crippen LogP contribution in [0.5, 0.6) is 5.75 Å². The van der Waals surface area contributed by atoms with Gasteiger partial charge in [0.05, 0.1) is 6.61 Å². The van der Waals surface area contributed by atoms with Crippen molar-refractivity contribution in [1.29, 1.82) is 0 Å². The topological polar surface area (TPSA) is 67.3 Å². The molecule has 35 heavy (non-hydrogen) atoms. The number of ether oxygens (including phenoxy) is 1. The van der Waals surface area contributed by atoms with Gasteiger partial charge in [0, 0.05) is 50.0 Å². The van der Waals surface area contributed by atoms with Crippen molar-refractivity contribution in [2.45, 2.75) is 38.1 Å². The highest BCUT2D eigenvalue weighted by molar-refractivity contribution is 5.95. The number of carbonyl (C=O) groups is 1. The van der Waals surface area contributed by atoms with E-state index in [1.807, 2.05) is 50.0 Å². The van der Waals surface area contributed by atoms with Crippen molar-refractivity contribution in [3.05, 3.63) is 83.9 Å². The maximum absolute atomic E-state index is 11.9. The Bertz CT molecular complexity index is 1030. The van der Waals surface area contributed by atoms with Crippen LogP contribution in [0.15, 0.2) is 67.3 Å². The molecule has 190 valence electrons. The molecule has 3 heterocycles. The third-order valence-corrected chi connectivity index (χ3v) is 5.93. The molecule has 0 fully saturated rings. The van der Waals surface area contributed by atoms with E-state index in [0.717, 1.165) is 43.7 Å². The Morgan fingerprint density at radius 1 is 1.03 bits per heavy atom. The van der Waals surface area contributed by atoms with Crippen molar-refractivity contribution < 1.29 is 9.53 Å². The Morgan fingerprint density at radius 3 is 2.57 bits per heavy atom. The maximum atomic E-state index is 11.9. The minimum Gasteiger partial charge on any atom is -0.494 e. The van der Waals surface area contributed by atoms with Crippen LogP contribution in [0, 0.1) is 0 Å². The second-order valence-corrected chi connectivity index (χ2v) is 8.13. The smallest absolute Gasteiger partial charge is 0.227 e. The standard InChI is InChI=1S/C26H30N4O2.3ClH/c1-30-25-9-7-23(18-22(25)6-10-26(30)31)32-17-3-14-29-24(21-11-15-27-16-12-21)8-5-20-4-2-13-28-19-20;;;/h2,4,7,9,11-13,15-16,18-19,24,29H,3,5-6,8,10,14,17H2,1H3;3*1H. The summed E-state index contributed by atoms with van der Waals surface area (Å²) in [5.41, 5.74) is 4.66. The lowest BCUT2D eigenvalue weighted by Gasteiger charge is -2.26. The van der Waals surface area contributed by atoms with Gasteiger partial charge in [0.2, 0.25) is 5.91 Å². The highest BCUT2D eigenvalue weighted by Gasteiger charge is 2.21. The summed E-state index contributed by atoms with van der Waals surface area (Å²) in [4.78, 5) is 22.0. The first-order chi connectivity index (χ1) is 15.7. The van der Waals surface area contributed by atoms with E-state index in [1.165, 1.54) is 16.7 Å². The van der Waals surface area contributed by atoms with E-state index in [4.69, 9.17) is 4.74 Å². The molecular weight excluding hydrogens is 507 g/mol. The van der Waals surface area contributed by atoms with Crippen molar-refractivity contribution in [1.82, 2.24) is 15.3 Å². The van der Waals surface area contributed by atoms with Gasteiger partial charge in [0.25, 0.3) is 0 Å². The van der Waals surface area contributed by atoms with Gasteiger partial charge < -0.3 is 15.0 Å². The summed E-state index contributed by atoms with van der Waals surface area (Å²) in [7, 11) is 1.83. The summed E-state index contributed by atoms with van der Waals surface area (Å²) in [6.45, 7) is 1.51. The van der Waals surface area contributed by atoms with Crippen LogP contribution in [0.3, 0.4) is 0 Å². The number of benzene rings is 1. The minimum absolute atomic E-state index is 0. The molecule has 1 amide bonds. The molecule has 0 radical (unpaired) electrons. The molecule has 1 N–H and O–H groups in total. The van der Waals surface area contributed by atoms with Crippen LogP contribution >= 0.6 is 37.2 Å². The Morgan fingerprint density at radius 2 is 1.83 bits per heavy atom. The van der Waals surface area contributed by atoms with E-state index in [9.17, 15) is 4.79 Å². The lowest BCUT2D eigenvalue weighted by atomic mass is 10.0. The van der Waals surface area contributed by atoms with Crippen LogP contribution in [-0.2, 0) is 17.6 Å². The molecule has 9 heteroatoms. The highest BCUT2D eigenvalue weighted by atomic mass is 35.5. The number of halogens is 3. The molecule has 4 rings (SSSR count). The van der Waals surface area contributed by atoms with Gasteiger partial charge in [-0.15, -0.1) is 37.2 Å². The maximum Gasteiger partial charge on any atom is 0.227 e. The molecule has 0 spiro atoms. The van der Waals surface area contributed by atoms with E-state index in [-0.39, 0.29) is 49.2 Å². The number of amides is 1. The zero-order valence-electron chi connectivity index (χ0n) is 19.8. The zero-order valence-corrected chi connectivity index (χ0v) is 22.2. The Labute approximate surface area is 226 Å². The summed E-state index contributed by atoms with van der Waals surface area (Å²) in [5.74, 6) is 1.04. The van der Waals surface area contributed by atoms with E-state index in [1.54, 1.807) is 4.90 Å². The third-order valence-electron chi connectivity index (χ3n) is 5.93. The summed E-state index contributed by atoms with van der Waals surface area (Å²) >= 11 is 0. The van der Waals surface area contributed by atoms with Crippen molar-refractivity contribution >= 4 is 48.8 Å². The molecule has 1 unspecified atom stereocenters. The number of pyridine rings is 2. The Hall–Kier alpha value is -2.38. The van der Waals surface area contributed by atoms with Crippen molar-refractivity contribution in [3.63, 3.8) is 0 Å². The number of hydrogen-bond donors (Lipinski definition) is 1. The highest BCUT2D eigenvalue weighted by Crippen LogP contribution is 2.30. The second kappa shape index (κ2) is 15.6. The van der Waals surface area contributed by atoms with E-state index in [2.05, 4.69) is 39.6 Å². The van der Waals surface area contributed by atoms with E-state index < -0.39 is 0 Å². The fourth-order valence-electron chi connectivity index (χ4n) is 4.10. The number of carbonyl (C=O) groups excluding carboxylic acids is 1. The lowest BCUT2D eigenvalue weighted by molar-refractivity contribution is -0.118. The molecule has 0 saturated carbocycles. The number of nitrogens with zero attached hydrogens (tertiary/aromatic N) is 3. The van der Waals surface area contributed by atoms with Crippen molar-refractivity contribution in [3.8, 4) is 5.75 Å². The van der Waals surface area contributed by atoms with Crippen LogP contribution in [0.2, 0.25) is 0 Å². The fourth-order valence-corrected chi connectivity index (χ4v) is 4.10. The predicted molar refractivity (Wildman–Crippen MR) is 148 cm³/mol. The van der Waals surface area contributed by atoms with Gasteiger partial charge in [-0.3, -0.25) is 14.8 Å². The average molecular weight is 540 g/mol. The van der Waals surface area contributed by atoms with Gasteiger partial charge in [-0.2, -0.15) is 0 Å². The normalized spacial score (nSPS) is 12.9. The number of hydrogen-bond acceptors (Lipinski definition) is 5. The molecule has 3 aromatic rings. The van der Waals surface area contributed by atoms with Gasteiger partial charge in [0.1, 0.15) is 5.75 Å². The first kappa shape index (κ1) is 30.7. The first-order valence-electron chi connectivity index (χ1n) is 11.3. The van der Waals surface area contributed by atoms with E-state index >= 15 is 0 Å². The number of anilines is 1. The second-order valence-electron chi connectivity index (χ2n) is 8.13. The number of fused-ring (bicyclic) bond motifs is 1. The zero-order chi connectivity index (χ0) is 22.2.